The van der Waals surface area contributed by atoms with Crippen molar-refractivity contribution in [3.63, 3.8) is 0 Å². The van der Waals surface area contributed by atoms with Crippen molar-refractivity contribution in [1.82, 2.24) is 19.5 Å². The maximum atomic E-state index is 9.81. The van der Waals surface area contributed by atoms with Crippen molar-refractivity contribution in [1.29, 1.82) is 0 Å². The first-order valence-electron chi connectivity index (χ1n) is 5.21. The van der Waals surface area contributed by atoms with Crippen molar-refractivity contribution in [2.45, 2.75) is 32.1 Å². The Kier molecular flexibility index (Phi) is 2.72. The molecular formula is C10H15N5O2. The molecule has 0 aromatic carbocycles. The Hall–Kier alpha value is -1.73. The summed E-state index contributed by atoms with van der Waals surface area (Å²) in [6.45, 7) is 3.27. The van der Waals surface area contributed by atoms with Crippen LogP contribution in [0.3, 0.4) is 0 Å². The molecule has 2 rings (SSSR count). The number of aliphatic hydroxyl groups excluding tert-OH is 1. The highest BCUT2D eigenvalue weighted by Crippen LogP contribution is 2.17. The van der Waals surface area contributed by atoms with E-state index in [9.17, 15) is 10.2 Å². The van der Waals surface area contributed by atoms with Gasteiger partial charge in [0.15, 0.2) is 11.5 Å². The third kappa shape index (κ3) is 2.20. The molecule has 92 valence electrons. The molecule has 0 aliphatic rings. The van der Waals surface area contributed by atoms with Crippen LogP contribution < -0.4 is 5.73 Å². The van der Waals surface area contributed by atoms with E-state index in [1.54, 1.807) is 18.4 Å². The molecule has 1 unspecified atom stereocenters. The number of anilines is 1. The smallest absolute Gasteiger partial charge is 0.165 e. The minimum atomic E-state index is -1.19. The second-order valence-electron chi connectivity index (χ2n) is 4.50. The highest BCUT2D eigenvalue weighted by atomic mass is 16.3. The van der Waals surface area contributed by atoms with E-state index in [0.717, 1.165) is 0 Å². The normalized spacial score (nSPS) is 14.1. The van der Waals surface area contributed by atoms with Gasteiger partial charge in [0.05, 0.1) is 18.5 Å². The van der Waals surface area contributed by atoms with Crippen LogP contribution in [0, 0.1) is 0 Å². The number of nitrogens with two attached hydrogens (primary N) is 1. The monoisotopic (exact) mass is 237 g/mol. The Morgan fingerprint density at radius 2 is 2.12 bits per heavy atom. The number of hydrogen-bond donors (Lipinski definition) is 3. The van der Waals surface area contributed by atoms with E-state index in [1.165, 1.54) is 12.7 Å². The topological polar surface area (TPSA) is 110 Å². The van der Waals surface area contributed by atoms with Crippen LogP contribution in [0.2, 0.25) is 0 Å². The van der Waals surface area contributed by atoms with Crippen molar-refractivity contribution in [2.24, 2.45) is 0 Å². The predicted molar refractivity (Wildman–Crippen MR) is 62.0 cm³/mol. The molecule has 4 N–H and O–H groups in total. The first-order chi connectivity index (χ1) is 7.89. The van der Waals surface area contributed by atoms with Crippen LogP contribution >= 0.6 is 0 Å². The Balaban J connectivity index is 2.35. The molecule has 0 radical (unpaired) electrons. The Morgan fingerprint density at radius 3 is 2.76 bits per heavy atom. The molecule has 0 saturated carbocycles. The highest BCUT2D eigenvalue weighted by Gasteiger charge is 2.25. The molecule has 0 bridgehead atoms. The van der Waals surface area contributed by atoms with Crippen LogP contribution in [0.25, 0.3) is 11.2 Å². The number of nitrogen functional groups attached to an aromatic ring is 1. The fourth-order valence-corrected chi connectivity index (χ4v) is 1.44. The lowest BCUT2D eigenvalue weighted by molar-refractivity contribution is -0.0548. The standard InChI is InChI=1S/C10H15N5O2/c1-10(2,17)6(16)3-15-5-14-7-8(11)12-4-13-9(7)15/h4-6,16-17H,3H2,1-2H3,(H2,11,12,13). The van der Waals surface area contributed by atoms with Gasteiger partial charge >= 0.3 is 0 Å². The molecule has 0 aliphatic heterocycles. The summed E-state index contributed by atoms with van der Waals surface area (Å²) in [6, 6.07) is 0. The quantitative estimate of drug-likeness (QED) is 0.666. The zero-order chi connectivity index (χ0) is 12.6. The lowest BCUT2D eigenvalue weighted by Crippen LogP contribution is -2.38. The van der Waals surface area contributed by atoms with E-state index in [-0.39, 0.29) is 6.54 Å². The van der Waals surface area contributed by atoms with Crippen LogP contribution in [-0.4, -0.2) is 41.4 Å². The van der Waals surface area contributed by atoms with Crippen molar-refractivity contribution < 1.29 is 10.2 Å². The van der Waals surface area contributed by atoms with E-state index in [2.05, 4.69) is 15.0 Å². The van der Waals surface area contributed by atoms with Crippen molar-refractivity contribution in [3.8, 4) is 0 Å². The maximum Gasteiger partial charge on any atom is 0.165 e. The summed E-state index contributed by atoms with van der Waals surface area (Å²) in [6.07, 6.45) is 1.94. The SMILES string of the molecule is CC(C)(O)C(O)Cn1cnc2c(N)ncnc21. The van der Waals surface area contributed by atoms with Crippen LogP contribution in [0.1, 0.15) is 13.8 Å². The summed E-state index contributed by atoms with van der Waals surface area (Å²) in [5, 5.41) is 19.5. The number of fused-ring (bicyclic) bond motifs is 1. The Bertz CT molecular complexity index is 531. The van der Waals surface area contributed by atoms with Gasteiger partial charge in [-0.15, -0.1) is 0 Å². The van der Waals surface area contributed by atoms with Gasteiger partial charge in [0.2, 0.25) is 0 Å². The number of aromatic nitrogens is 4. The van der Waals surface area contributed by atoms with Gasteiger partial charge < -0.3 is 20.5 Å². The van der Waals surface area contributed by atoms with E-state index in [0.29, 0.717) is 17.0 Å². The molecule has 0 fully saturated rings. The summed E-state index contributed by atoms with van der Waals surface area (Å²) >= 11 is 0. The van der Waals surface area contributed by atoms with Gasteiger partial charge in [0.1, 0.15) is 17.9 Å². The van der Waals surface area contributed by atoms with Crippen molar-refractivity contribution in [2.75, 3.05) is 5.73 Å². The highest BCUT2D eigenvalue weighted by molar-refractivity contribution is 5.81. The molecule has 1 atom stereocenters. The molecule has 2 aromatic rings. The lowest BCUT2D eigenvalue weighted by Gasteiger charge is -2.24. The fraction of sp³-hybridized carbons (Fsp3) is 0.500. The molecule has 0 spiro atoms. The lowest BCUT2D eigenvalue weighted by atomic mass is 10.0. The number of nitrogens with zero attached hydrogens (tertiary/aromatic N) is 4. The summed E-state index contributed by atoms with van der Waals surface area (Å²) in [4.78, 5) is 12.0. The molecule has 17 heavy (non-hydrogen) atoms. The first-order valence-corrected chi connectivity index (χ1v) is 5.21. The third-order valence-electron chi connectivity index (χ3n) is 2.61. The first kappa shape index (κ1) is 11.7. The Labute approximate surface area is 97.9 Å². The zero-order valence-corrected chi connectivity index (χ0v) is 9.70. The number of imidazole rings is 1. The van der Waals surface area contributed by atoms with Gasteiger partial charge in [0, 0.05) is 0 Å². The van der Waals surface area contributed by atoms with E-state index < -0.39 is 11.7 Å². The zero-order valence-electron chi connectivity index (χ0n) is 9.70. The third-order valence-corrected chi connectivity index (χ3v) is 2.61. The molecule has 0 amide bonds. The van der Waals surface area contributed by atoms with Crippen LogP contribution in [0.4, 0.5) is 5.82 Å². The molecular weight excluding hydrogens is 222 g/mol. The van der Waals surface area contributed by atoms with Gasteiger partial charge in [-0.3, -0.25) is 0 Å². The summed E-state index contributed by atoms with van der Waals surface area (Å²) in [5.74, 6) is 0.298. The van der Waals surface area contributed by atoms with Crippen molar-refractivity contribution in [3.05, 3.63) is 12.7 Å². The second-order valence-corrected chi connectivity index (χ2v) is 4.50. The maximum absolute atomic E-state index is 9.81. The second kappa shape index (κ2) is 3.94. The minimum absolute atomic E-state index is 0.191. The average Bonchev–Trinajstić information content (AvgIpc) is 2.62. The Morgan fingerprint density at radius 1 is 1.41 bits per heavy atom. The molecule has 7 heteroatoms. The van der Waals surface area contributed by atoms with E-state index >= 15 is 0 Å². The van der Waals surface area contributed by atoms with Gasteiger partial charge in [-0.25, -0.2) is 15.0 Å². The number of hydrogen-bond acceptors (Lipinski definition) is 6. The van der Waals surface area contributed by atoms with E-state index in [4.69, 9.17) is 5.73 Å². The van der Waals surface area contributed by atoms with Gasteiger partial charge in [-0.05, 0) is 13.8 Å². The number of rotatable bonds is 3. The van der Waals surface area contributed by atoms with Crippen molar-refractivity contribution >= 4 is 17.0 Å². The van der Waals surface area contributed by atoms with Gasteiger partial charge in [-0.1, -0.05) is 0 Å². The van der Waals surface area contributed by atoms with Crippen LogP contribution in [0.5, 0.6) is 0 Å². The van der Waals surface area contributed by atoms with E-state index in [1.807, 2.05) is 0 Å². The molecule has 2 heterocycles. The van der Waals surface area contributed by atoms with Gasteiger partial charge in [-0.2, -0.15) is 0 Å². The molecule has 7 nitrogen and oxygen atoms in total. The molecule has 0 aliphatic carbocycles. The molecule has 0 saturated heterocycles. The summed E-state index contributed by atoms with van der Waals surface area (Å²) in [5.41, 5.74) is 5.50. The average molecular weight is 237 g/mol. The van der Waals surface area contributed by atoms with Crippen LogP contribution in [0.15, 0.2) is 12.7 Å². The largest absolute Gasteiger partial charge is 0.388 e. The summed E-state index contributed by atoms with van der Waals surface area (Å²) in [7, 11) is 0. The van der Waals surface area contributed by atoms with Gasteiger partial charge in [0.25, 0.3) is 0 Å². The number of aliphatic hydroxyl groups is 2. The predicted octanol–water partition coefficient (Wildman–Crippen LogP) is -0.460. The molecule has 2 aromatic heterocycles. The van der Waals surface area contributed by atoms with Crippen LogP contribution in [-0.2, 0) is 6.54 Å². The minimum Gasteiger partial charge on any atom is -0.388 e. The fourth-order valence-electron chi connectivity index (χ4n) is 1.44. The summed E-state index contributed by atoms with van der Waals surface area (Å²) < 4.78 is 1.63.